The van der Waals surface area contributed by atoms with Gasteiger partial charge in [-0.1, -0.05) is 51.8 Å². The van der Waals surface area contributed by atoms with Gasteiger partial charge in [-0.3, -0.25) is 0 Å². The molecule has 2 rings (SSSR count). The SMILES string of the molecule is CNC(Cc1cccc(Cl)c1)Cc1cccc(Br)c1. The van der Waals surface area contributed by atoms with Crippen molar-refractivity contribution in [2.75, 3.05) is 7.05 Å². The molecule has 0 aromatic heterocycles. The van der Waals surface area contributed by atoms with Crippen LogP contribution in [0.1, 0.15) is 11.1 Å². The summed E-state index contributed by atoms with van der Waals surface area (Å²) >= 11 is 9.54. The quantitative estimate of drug-likeness (QED) is 0.848. The monoisotopic (exact) mass is 337 g/mol. The molecule has 1 unspecified atom stereocenters. The highest BCUT2D eigenvalue weighted by molar-refractivity contribution is 9.10. The summed E-state index contributed by atoms with van der Waals surface area (Å²) in [4.78, 5) is 0. The maximum Gasteiger partial charge on any atom is 0.0408 e. The smallest absolute Gasteiger partial charge is 0.0408 e. The second-order valence-corrected chi connectivity index (χ2v) is 6.01. The average Bonchev–Trinajstić information content (AvgIpc) is 2.38. The standard InChI is InChI=1S/C16H17BrClN/c1-19-16(10-12-4-2-6-14(17)8-12)11-13-5-3-7-15(18)9-13/h2-9,16,19H,10-11H2,1H3. The van der Waals surface area contributed by atoms with Gasteiger partial charge in [-0.25, -0.2) is 0 Å². The second-order valence-electron chi connectivity index (χ2n) is 4.65. The molecule has 0 amide bonds. The summed E-state index contributed by atoms with van der Waals surface area (Å²) in [6.07, 6.45) is 1.98. The van der Waals surface area contributed by atoms with Crippen molar-refractivity contribution in [1.82, 2.24) is 5.32 Å². The molecule has 0 aliphatic heterocycles. The van der Waals surface area contributed by atoms with Gasteiger partial charge in [0.05, 0.1) is 0 Å². The predicted molar refractivity (Wildman–Crippen MR) is 85.8 cm³/mol. The van der Waals surface area contributed by atoms with Crippen LogP contribution in [-0.2, 0) is 12.8 Å². The predicted octanol–water partition coefficient (Wildman–Crippen LogP) is 4.48. The van der Waals surface area contributed by atoms with Crippen LogP contribution in [0, 0.1) is 0 Å². The van der Waals surface area contributed by atoms with Crippen molar-refractivity contribution < 1.29 is 0 Å². The molecule has 0 heterocycles. The summed E-state index contributed by atoms with van der Waals surface area (Å²) in [5, 5.41) is 4.18. The molecule has 1 N–H and O–H groups in total. The van der Waals surface area contributed by atoms with Gasteiger partial charge in [-0.15, -0.1) is 0 Å². The molecular weight excluding hydrogens is 322 g/mol. The lowest BCUT2D eigenvalue weighted by Gasteiger charge is -2.16. The highest BCUT2D eigenvalue weighted by Crippen LogP contribution is 2.16. The largest absolute Gasteiger partial charge is 0.316 e. The van der Waals surface area contributed by atoms with E-state index in [1.54, 1.807) is 0 Å². The first-order valence-electron chi connectivity index (χ1n) is 6.33. The van der Waals surface area contributed by atoms with Crippen molar-refractivity contribution in [3.63, 3.8) is 0 Å². The summed E-state index contributed by atoms with van der Waals surface area (Å²) in [6.45, 7) is 0. The summed E-state index contributed by atoms with van der Waals surface area (Å²) in [6, 6.07) is 16.9. The van der Waals surface area contributed by atoms with E-state index in [9.17, 15) is 0 Å². The molecule has 3 heteroatoms. The van der Waals surface area contributed by atoms with E-state index in [0.717, 1.165) is 22.3 Å². The summed E-state index contributed by atoms with van der Waals surface area (Å²) in [7, 11) is 2.01. The van der Waals surface area contributed by atoms with Gasteiger partial charge in [0.1, 0.15) is 0 Å². The zero-order valence-corrected chi connectivity index (χ0v) is 13.2. The molecule has 0 bridgehead atoms. The third-order valence-corrected chi connectivity index (χ3v) is 3.88. The molecule has 19 heavy (non-hydrogen) atoms. The van der Waals surface area contributed by atoms with Crippen molar-refractivity contribution in [3.05, 3.63) is 69.2 Å². The molecule has 0 spiro atoms. The van der Waals surface area contributed by atoms with Gasteiger partial charge in [0, 0.05) is 15.5 Å². The van der Waals surface area contributed by atoms with Gasteiger partial charge in [0.15, 0.2) is 0 Å². The number of hydrogen-bond acceptors (Lipinski definition) is 1. The number of rotatable bonds is 5. The molecule has 0 fully saturated rings. The fraction of sp³-hybridized carbons (Fsp3) is 0.250. The summed E-state index contributed by atoms with van der Waals surface area (Å²) in [5.74, 6) is 0. The number of nitrogens with one attached hydrogen (secondary N) is 1. The van der Waals surface area contributed by atoms with Crippen molar-refractivity contribution in [1.29, 1.82) is 0 Å². The first-order valence-corrected chi connectivity index (χ1v) is 7.50. The van der Waals surface area contributed by atoms with Crippen LogP contribution >= 0.6 is 27.5 Å². The third kappa shape index (κ3) is 4.64. The lowest BCUT2D eigenvalue weighted by molar-refractivity contribution is 0.556. The van der Waals surface area contributed by atoms with E-state index in [1.807, 2.05) is 25.2 Å². The Hall–Kier alpha value is -0.830. The Morgan fingerprint density at radius 3 is 2.26 bits per heavy atom. The van der Waals surface area contributed by atoms with Gasteiger partial charge < -0.3 is 5.32 Å². The van der Waals surface area contributed by atoms with Crippen LogP contribution in [0.3, 0.4) is 0 Å². The minimum absolute atomic E-state index is 0.410. The lowest BCUT2D eigenvalue weighted by atomic mass is 9.99. The minimum Gasteiger partial charge on any atom is -0.316 e. The number of halogens is 2. The Labute approximate surface area is 128 Å². The second kappa shape index (κ2) is 7.09. The molecule has 100 valence electrons. The first-order chi connectivity index (χ1) is 9.17. The molecule has 0 aliphatic rings. The van der Waals surface area contributed by atoms with Crippen LogP contribution in [0.15, 0.2) is 53.0 Å². The van der Waals surface area contributed by atoms with E-state index in [4.69, 9.17) is 11.6 Å². The summed E-state index contributed by atoms with van der Waals surface area (Å²) < 4.78 is 1.13. The fourth-order valence-electron chi connectivity index (χ4n) is 2.17. The van der Waals surface area contributed by atoms with Crippen molar-refractivity contribution in [3.8, 4) is 0 Å². The maximum atomic E-state index is 6.03. The molecule has 0 saturated heterocycles. The van der Waals surface area contributed by atoms with Crippen LogP contribution in [0.25, 0.3) is 0 Å². The van der Waals surface area contributed by atoms with Gasteiger partial charge in [0.25, 0.3) is 0 Å². The Morgan fingerprint density at radius 1 is 1.05 bits per heavy atom. The highest BCUT2D eigenvalue weighted by Gasteiger charge is 2.09. The van der Waals surface area contributed by atoms with E-state index >= 15 is 0 Å². The van der Waals surface area contributed by atoms with E-state index in [1.165, 1.54) is 11.1 Å². The van der Waals surface area contributed by atoms with Crippen LogP contribution in [0.4, 0.5) is 0 Å². The normalized spacial score (nSPS) is 12.4. The summed E-state index contributed by atoms with van der Waals surface area (Å²) in [5.41, 5.74) is 2.59. The molecule has 0 radical (unpaired) electrons. The molecular formula is C16H17BrClN. The maximum absolute atomic E-state index is 6.03. The molecule has 1 atom stereocenters. The highest BCUT2D eigenvalue weighted by atomic mass is 79.9. The van der Waals surface area contributed by atoms with E-state index in [0.29, 0.717) is 6.04 Å². The van der Waals surface area contributed by atoms with E-state index < -0.39 is 0 Å². The minimum atomic E-state index is 0.410. The van der Waals surface area contributed by atoms with E-state index in [-0.39, 0.29) is 0 Å². The third-order valence-electron chi connectivity index (χ3n) is 3.15. The van der Waals surface area contributed by atoms with Gasteiger partial charge in [-0.05, 0) is 55.3 Å². The molecule has 0 aliphatic carbocycles. The van der Waals surface area contributed by atoms with Crippen LogP contribution in [-0.4, -0.2) is 13.1 Å². The van der Waals surface area contributed by atoms with Crippen molar-refractivity contribution in [2.24, 2.45) is 0 Å². The van der Waals surface area contributed by atoms with Crippen LogP contribution in [0.2, 0.25) is 5.02 Å². The topological polar surface area (TPSA) is 12.0 Å². The zero-order valence-electron chi connectivity index (χ0n) is 10.9. The molecule has 2 aromatic rings. The van der Waals surface area contributed by atoms with Crippen molar-refractivity contribution >= 4 is 27.5 Å². The molecule has 0 saturated carbocycles. The molecule has 2 aromatic carbocycles. The van der Waals surface area contributed by atoms with Gasteiger partial charge >= 0.3 is 0 Å². The van der Waals surface area contributed by atoms with Gasteiger partial charge in [-0.2, -0.15) is 0 Å². The van der Waals surface area contributed by atoms with Crippen LogP contribution < -0.4 is 5.32 Å². The molecule has 1 nitrogen and oxygen atoms in total. The Morgan fingerprint density at radius 2 is 1.68 bits per heavy atom. The fourth-order valence-corrected chi connectivity index (χ4v) is 2.83. The Kier molecular flexibility index (Phi) is 5.44. The number of hydrogen-bond donors (Lipinski definition) is 1. The lowest BCUT2D eigenvalue weighted by Crippen LogP contribution is -2.29. The van der Waals surface area contributed by atoms with Crippen molar-refractivity contribution in [2.45, 2.75) is 18.9 Å². The number of likely N-dealkylation sites (N-methyl/N-ethyl adjacent to an activating group) is 1. The Bertz CT molecular complexity index is 494. The zero-order chi connectivity index (χ0) is 13.7. The van der Waals surface area contributed by atoms with Crippen LogP contribution in [0.5, 0.6) is 0 Å². The van der Waals surface area contributed by atoms with Gasteiger partial charge in [0.2, 0.25) is 0 Å². The first kappa shape index (κ1) is 14.6. The van der Waals surface area contributed by atoms with E-state index in [2.05, 4.69) is 51.6 Å². The Balaban J connectivity index is 2.04. The average molecular weight is 339 g/mol. The number of benzene rings is 2.